The van der Waals surface area contributed by atoms with E-state index in [0.717, 1.165) is 35.5 Å². The molecule has 8 nitrogen and oxygen atoms in total. The molecule has 1 aliphatic rings. The Morgan fingerprint density at radius 3 is 2.63 bits per heavy atom. The number of aromatic nitrogens is 3. The molecule has 0 spiro atoms. The first-order valence-corrected chi connectivity index (χ1v) is 14.9. The Labute approximate surface area is 233 Å². The molecule has 1 aliphatic carbocycles. The molecule has 1 unspecified atom stereocenters. The average Bonchev–Trinajstić information content (AvgIpc) is 3.63. The van der Waals surface area contributed by atoms with E-state index in [-0.39, 0.29) is 11.7 Å². The Kier molecular flexibility index (Phi) is 7.87. The van der Waals surface area contributed by atoms with E-state index in [1.165, 1.54) is 47.1 Å². The fraction of sp³-hybridized carbons (Fsp3) is 0.333. The summed E-state index contributed by atoms with van der Waals surface area (Å²) in [5, 5.41) is 16.8. The van der Waals surface area contributed by atoms with Crippen LogP contribution in [0.25, 0.3) is 22.5 Å². The van der Waals surface area contributed by atoms with Crippen LogP contribution in [0.4, 0.5) is 5.00 Å². The number of hydrogen-bond acceptors (Lipinski definition) is 9. The predicted molar refractivity (Wildman–Crippen MR) is 153 cm³/mol. The molecule has 0 saturated heterocycles. The van der Waals surface area contributed by atoms with Crippen molar-refractivity contribution in [2.24, 2.45) is 13.0 Å². The van der Waals surface area contributed by atoms with E-state index in [0.29, 0.717) is 27.2 Å². The number of carbonyl (C=O) groups is 2. The zero-order chi connectivity index (χ0) is 26.8. The van der Waals surface area contributed by atoms with Gasteiger partial charge in [0.25, 0.3) is 0 Å². The van der Waals surface area contributed by atoms with Gasteiger partial charge in [-0.2, -0.15) is 0 Å². The third-order valence-electron chi connectivity index (χ3n) is 6.64. The maximum atomic E-state index is 12.9. The van der Waals surface area contributed by atoms with Crippen LogP contribution in [0.3, 0.4) is 0 Å². The van der Waals surface area contributed by atoms with Gasteiger partial charge in [-0.25, -0.2) is 4.79 Å². The van der Waals surface area contributed by atoms with Crippen LogP contribution in [0, 0.1) is 5.92 Å². The van der Waals surface area contributed by atoms with Crippen LogP contribution < -0.4 is 10.1 Å². The Balaban J connectivity index is 1.29. The lowest BCUT2D eigenvalue weighted by Crippen LogP contribution is -2.16. The van der Waals surface area contributed by atoms with Crippen molar-refractivity contribution in [1.29, 1.82) is 0 Å². The molecule has 1 aromatic carbocycles. The highest BCUT2D eigenvalue weighted by atomic mass is 32.2. The van der Waals surface area contributed by atoms with Crippen LogP contribution in [-0.4, -0.2) is 46.6 Å². The highest BCUT2D eigenvalue weighted by molar-refractivity contribution is 7.99. The smallest absolute Gasteiger partial charge is 0.341 e. The van der Waals surface area contributed by atoms with E-state index in [2.05, 4.69) is 27.8 Å². The topological polar surface area (TPSA) is 95.3 Å². The van der Waals surface area contributed by atoms with Crippen molar-refractivity contribution in [3.05, 3.63) is 51.0 Å². The van der Waals surface area contributed by atoms with Gasteiger partial charge in [0.15, 0.2) is 11.0 Å². The summed E-state index contributed by atoms with van der Waals surface area (Å²) in [6, 6.07) is 7.38. The zero-order valence-corrected chi connectivity index (χ0v) is 24.0. The van der Waals surface area contributed by atoms with Crippen LogP contribution in [-0.2, 0) is 29.4 Å². The van der Waals surface area contributed by atoms with Gasteiger partial charge in [0.1, 0.15) is 16.3 Å². The van der Waals surface area contributed by atoms with E-state index in [1.54, 1.807) is 18.4 Å². The lowest BCUT2D eigenvalue weighted by atomic mass is 9.88. The van der Waals surface area contributed by atoms with Crippen molar-refractivity contribution in [3.63, 3.8) is 0 Å². The zero-order valence-electron chi connectivity index (χ0n) is 21.6. The molecule has 0 saturated carbocycles. The first-order chi connectivity index (χ1) is 18.4. The number of hydrogen-bond donors (Lipinski definition) is 1. The molecule has 3 aromatic heterocycles. The fourth-order valence-electron chi connectivity index (χ4n) is 4.57. The quantitative estimate of drug-likeness (QED) is 0.208. The number of rotatable bonds is 8. The molecule has 1 N–H and O–H groups in total. The lowest BCUT2D eigenvalue weighted by Gasteiger charge is -2.18. The molecule has 1 atom stereocenters. The van der Waals surface area contributed by atoms with Crippen molar-refractivity contribution < 1.29 is 19.1 Å². The molecule has 0 fully saturated rings. The van der Waals surface area contributed by atoms with Crippen LogP contribution in [0.2, 0.25) is 0 Å². The highest BCUT2D eigenvalue weighted by Gasteiger charge is 2.25. The van der Waals surface area contributed by atoms with E-state index >= 15 is 0 Å². The number of thioether (sulfide) groups is 1. The largest absolute Gasteiger partial charge is 0.497 e. The summed E-state index contributed by atoms with van der Waals surface area (Å²) < 4.78 is 12.2. The fourth-order valence-corrected chi connectivity index (χ4v) is 7.50. The minimum Gasteiger partial charge on any atom is -0.497 e. The van der Waals surface area contributed by atoms with Crippen LogP contribution in [0.15, 0.2) is 40.2 Å². The number of benzene rings is 1. The second kappa shape index (κ2) is 11.3. The van der Waals surface area contributed by atoms with Gasteiger partial charge in [-0.1, -0.05) is 30.8 Å². The minimum absolute atomic E-state index is 0.127. The van der Waals surface area contributed by atoms with Gasteiger partial charge < -0.3 is 19.4 Å². The standard InChI is InChI=1S/C27H28N4O4S3/c1-15-5-10-18-20(13-36-21(18)11-15)24-29-30-27(31(24)2)38-14-22(32)28-25-23(26(33)35-4)19(12-37-25)16-6-8-17(34-3)9-7-16/h6-9,12-13,15H,5,10-11,14H2,1-4H3,(H,28,32). The van der Waals surface area contributed by atoms with E-state index in [9.17, 15) is 9.59 Å². The van der Waals surface area contributed by atoms with Crippen LogP contribution in [0.5, 0.6) is 5.75 Å². The van der Waals surface area contributed by atoms with Crippen molar-refractivity contribution in [2.45, 2.75) is 31.3 Å². The molecule has 4 aromatic rings. The maximum Gasteiger partial charge on any atom is 0.341 e. The second-order valence-corrected chi connectivity index (χ2v) is 12.0. The molecular weight excluding hydrogens is 541 g/mol. The third-order valence-corrected chi connectivity index (χ3v) is 9.61. The number of esters is 1. The number of amides is 1. The SMILES string of the molecule is COC(=O)c1c(-c2ccc(OC)cc2)csc1NC(=O)CSc1nnc(-c2csc3c2CCC(C)C3)n1C. The molecule has 0 radical (unpaired) electrons. The molecule has 0 aliphatic heterocycles. The number of methoxy groups -OCH3 is 2. The number of carbonyl (C=O) groups excluding carboxylic acids is 2. The molecule has 3 heterocycles. The summed E-state index contributed by atoms with van der Waals surface area (Å²) in [6.45, 7) is 2.30. The van der Waals surface area contributed by atoms with Gasteiger partial charge in [-0.05, 0) is 48.4 Å². The second-order valence-electron chi connectivity index (χ2n) is 9.17. The molecule has 1 amide bonds. The molecule has 5 rings (SSSR count). The van der Waals surface area contributed by atoms with E-state index in [4.69, 9.17) is 9.47 Å². The molecule has 11 heteroatoms. The Hall–Kier alpha value is -3.15. The monoisotopic (exact) mass is 568 g/mol. The van der Waals surface area contributed by atoms with Crippen molar-refractivity contribution >= 4 is 51.3 Å². The van der Waals surface area contributed by atoms with Crippen molar-refractivity contribution in [2.75, 3.05) is 25.3 Å². The first-order valence-electron chi connectivity index (χ1n) is 12.2. The summed E-state index contributed by atoms with van der Waals surface area (Å²) in [5.74, 6) is 1.64. The summed E-state index contributed by atoms with van der Waals surface area (Å²) in [7, 11) is 4.86. The molecular formula is C27H28N4O4S3. The van der Waals surface area contributed by atoms with Crippen molar-refractivity contribution in [3.8, 4) is 28.3 Å². The Bertz CT molecular complexity index is 1470. The summed E-state index contributed by atoms with van der Waals surface area (Å²) in [6.07, 6.45) is 3.37. The number of nitrogens with zero attached hydrogens (tertiary/aromatic N) is 3. The summed E-state index contributed by atoms with van der Waals surface area (Å²) in [5.41, 5.74) is 4.39. The van der Waals surface area contributed by atoms with E-state index in [1.807, 2.05) is 41.3 Å². The molecule has 0 bridgehead atoms. The molecule has 38 heavy (non-hydrogen) atoms. The first kappa shape index (κ1) is 26.5. The number of fused-ring (bicyclic) bond motifs is 1. The van der Waals surface area contributed by atoms with Gasteiger partial charge in [0.05, 0.1) is 20.0 Å². The number of thiophene rings is 2. The van der Waals surface area contributed by atoms with E-state index < -0.39 is 5.97 Å². The summed E-state index contributed by atoms with van der Waals surface area (Å²) in [4.78, 5) is 27.0. The van der Waals surface area contributed by atoms with Crippen LogP contribution in [0.1, 0.15) is 34.1 Å². The maximum absolute atomic E-state index is 12.9. The van der Waals surface area contributed by atoms with Gasteiger partial charge in [0.2, 0.25) is 5.91 Å². The normalized spacial score (nSPS) is 14.7. The molecule has 198 valence electrons. The summed E-state index contributed by atoms with van der Waals surface area (Å²) >= 11 is 4.40. The van der Waals surface area contributed by atoms with Crippen molar-refractivity contribution in [1.82, 2.24) is 14.8 Å². The minimum atomic E-state index is -0.508. The van der Waals surface area contributed by atoms with Gasteiger partial charge >= 0.3 is 5.97 Å². The van der Waals surface area contributed by atoms with Crippen LogP contribution >= 0.6 is 34.4 Å². The number of anilines is 1. The van der Waals surface area contributed by atoms with Gasteiger partial charge in [0, 0.05) is 33.8 Å². The number of nitrogens with one attached hydrogen (secondary N) is 1. The lowest BCUT2D eigenvalue weighted by molar-refractivity contribution is -0.113. The predicted octanol–water partition coefficient (Wildman–Crippen LogP) is 5.92. The number of ether oxygens (including phenoxy) is 2. The Morgan fingerprint density at radius 1 is 1.13 bits per heavy atom. The Morgan fingerprint density at radius 2 is 1.89 bits per heavy atom. The van der Waals surface area contributed by atoms with Gasteiger partial charge in [-0.3, -0.25) is 4.79 Å². The third kappa shape index (κ3) is 5.23. The van der Waals surface area contributed by atoms with Gasteiger partial charge in [-0.15, -0.1) is 32.9 Å². The highest BCUT2D eigenvalue weighted by Crippen LogP contribution is 2.39. The average molecular weight is 569 g/mol.